The van der Waals surface area contributed by atoms with Gasteiger partial charge in [0.15, 0.2) is 0 Å². The van der Waals surface area contributed by atoms with Crippen LogP contribution < -0.4 is 14.8 Å². The van der Waals surface area contributed by atoms with Crippen LogP contribution in [0.5, 0.6) is 11.5 Å². The monoisotopic (exact) mass is 358 g/mol. The van der Waals surface area contributed by atoms with Gasteiger partial charge in [-0.05, 0) is 36.8 Å². The number of anilines is 1. The standard InChI is InChI=1S/C19H22N2O3S/c1-13-4-6-15(7-5-13)20-19(22)21-8-9-25-18(21)14-10-16(23-2)12-17(11-14)24-3/h4-7,10-12,18H,8-9H2,1-3H3,(H,20,22)/t18-/m1/s1. The Morgan fingerprint density at radius 2 is 1.76 bits per heavy atom. The fourth-order valence-corrected chi connectivity index (χ4v) is 3.99. The Bertz CT molecular complexity index is 727. The molecule has 0 bridgehead atoms. The zero-order valence-electron chi connectivity index (χ0n) is 14.6. The minimum absolute atomic E-state index is 0.0607. The maximum absolute atomic E-state index is 12.7. The highest BCUT2D eigenvalue weighted by Gasteiger charge is 2.31. The van der Waals surface area contributed by atoms with Gasteiger partial charge in [-0.25, -0.2) is 4.79 Å². The topological polar surface area (TPSA) is 50.8 Å². The average molecular weight is 358 g/mol. The van der Waals surface area contributed by atoms with Crippen LogP contribution in [-0.4, -0.2) is 37.4 Å². The van der Waals surface area contributed by atoms with Crippen molar-refractivity contribution < 1.29 is 14.3 Å². The molecule has 5 nitrogen and oxygen atoms in total. The van der Waals surface area contributed by atoms with Crippen molar-refractivity contribution in [2.45, 2.75) is 12.3 Å². The number of amides is 2. The van der Waals surface area contributed by atoms with E-state index in [2.05, 4.69) is 5.32 Å². The molecule has 132 valence electrons. The van der Waals surface area contributed by atoms with Gasteiger partial charge in [-0.3, -0.25) is 0 Å². The summed E-state index contributed by atoms with van der Waals surface area (Å²) in [6, 6.07) is 13.5. The normalized spacial score (nSPS) is 16.6. The van der Waals surface area contributed by atoms with E-state index in [1.807, 2.05) is 54.3 Å². The molecule has 1 fully saturated rings. The van der Waals surface area contributed by atoms with Crippen molar-refractivity contribution >= 4 is 23.5 Å². The molecule has 0 saturated carbocycles. The molecule has 2 amide bonds. The molecule has 0 aromatic heterocycles. The maximum atomic E-state index is 12.7. The molecule has 1 heterocycles. The number of urea groups is 1. The van der Waals surface area contributed by atoms with Crippen LogP contribution in [0.2, 0.25) is 0 Å². The number of rotatable bonds is 4. The lowest BCUT2D eigenvalue weighted by atomic mass is 10.2. The largest absolute Gasteiger partial charge is 0.497 e. The Kier molecular flexibility index (Phi) is 5.38. The lowest BCUT2D eigenvalue weighted by Gasteiger charge is -2.25. The summed E-state index contributed by atoms with van der Waals surface area (Å²) in [4.78, 5) is 14.6. The van der Waals surface area contributed by atoms with Gasteiger partial charge in [0, 0.05) is 24.1 Å². The fourth-order valence-electron chi connectivity index (χ4n) is 2.76. The van der Waals surface area contributed by atoms with Crippen LogP contribution >= 0.6 is 11.8 Å². The molecule has 2 aromatic rings. The second-order valence-corrected chi connectivity index (χ2v) is 7.05. The van der Waals surface area contributed by atoms with E-state index in [1.165, 1.54) is 0 Å². The third-order valence-electron chi connectivity index (χ3n) is 4.11. The number of ether oxygens (including phenoxy) is 2. The molecule has 6 heteroatoms. The summed E-state index contributed by atoms with van der Waals surface area (Å²) < 4.78 is 10.7. The summed E-state index contributed by atoms with van der Waals surface area (Å²) in [5.74, 6) is 2.34. The van der Waals surface area contributed by atoms with Crippen LogP contribution in [0.15, 0.2) is 42.5 Å². The van der Waals surface area contributed by atoms with E-state index in [1.54, 1.807) is 26.0 Å². The van der Waals surface area contributed by atoms with Gasteiger partial charge in [0.1, 0.15) is 16.9 Å². The highest BCUT2D eigenvalue weighted by molar-refractivity contribution is 7.99. The van der Waals surface area contributed by atoms with Crippen molar-refractivity contribution in [3.63, 3.8) is 0 Å². The second kappa shape index (κ2) is 7.70. The zero-order chi connectivity index (χ0) is 17.8. The molecule has 0 unspecified atom stereocenters. The third kappa shape index (κ3) is 4.02. The van der Waals surface area contributed by atoms with Gasteiger partial charge in [0.2, 0.25) is 0 Å². The molecule has 0 aliphatic carbocycles. The van der Waals surface area contributed by atoms with Crippen molar-refractivity contribution in [2.75, 3.05) is 31.8 Å². The number of thioether (sulfide) groups is 1. The zero-order valence-corrected chi connectivity index (χ0v) is 15.4. The van der Waals surface area contributed by atoms with E-state index in [9.17, 15) is 4.79 Å². The summed E-state index contributed by atoms with van der Waals surface area (Å²) >= 11 is 1.74. The van der Waals surface area contributed by atoms with Crippen molar-refractivity contribution in [1.82, 2.24) is 4.90 Å². The van der Waals surface area contributed by atoms with Crippen molar-refractivity contribution in [1.29, 1.82) is 0 Å². The predicted molar refractivity (Wildman–Crippen MR) is 102 cm³/mol. The molecule has 2 aromatic carbocycles. The molecule has 25 heavy (non-hydrogen) atoms. The first-order chi connectivity index (χ1) is 12.1. The maximum Gasteiger partial charge on any atom is 0.323 e. The predicted octanol–water partition coefficient (Wildman–Crippen LogP) is 4.29. The minimum atomic E-state index is -0.0966. The Morgan fingerprint density at radius 1 is 1.12 bits per heavy atom. The van der Waals surface area contributed by atoms with E-state index >= 15 is 0 Å². The number of hydrogen-bond acceptors (Lipinski definition) is 4. The molecular weight excluding hydrogens is 336 g/mol. The number of benzene rings is 2. The van der Waals surface area contributed by atoms with Gasteiger partial charge in [-0.1, -0.05) is 17.7 Å². The summed E-state index contributed by atoms with van der Waals surface area (Å²) in [5.41, 5.74) is 2.96. The van der Waals surface area contributed by atoms with Crippen LogP contribution in [0.4, 0.5) is 10.5 Å². The molecule has 1 aliphatic rings. The Morgan fingerprint density at radius 3 is 2.36 bits per heavy atom. The van der Waals surface area contributed by atoms with Gasteiger partial charge in [0.25, 0.3) is 0 Å². The summed E-state index contributed by atoms with van der Waals surface area (Å²) in [6.45, 7) is 2.72. The van der Waals surface area contributed by atoms with E-state index in [4.69, 9.17) is 9.47 Å². The molecule has 1 saturated heterocycles. The van der Waals surface area contributed by atoms with Crippen molar-refractivity contribution in [3.05, 3.63) is 53.6 Å². The summed E-state index contributed by atoms with van der Waals surface area (Å²) in [7, 11) is 3.25. The minimum Gasteiger partial charge on any atom is -0.497 e. The number of nitrogens with zero attached hydrogens (tertiary/aromatic N) is 1. The second-order valence-electron chi connectivity index (χ2n) is 5.86. The highest BCUT2D eigenvalue weighted by atomic mass is 32.2. The van der Waals surface area contributed by atoms with E-state index in [0.717, 1.165) is 34.1 Å². The van der Waals surface area contributed by atoms with Crippen molar-refractivity contribution in [3.8, 4) is 11.5 Å². The van der Waals surface area contributed by atoms with Gasteiger partial charge in [-0.2, -0.15) is 0 Å². The molecule has 0 radical (unpaired) electrons. The Hall–Kier alpha value is -2.34. The number of methoxy groups -OCH3 is 2. The van der Waals surface area contributed by atoms with Gasteiger partial charge in [0.05, 0.1) is 14.2 Å². The summed E-state index contributed by atoms with van der Waals surface area (Å²) in [6.07, 6.45) is 0. The van der Waals surface area contributed by atoms with E-state index < -0.39 is 0 Å². The first kappa shape index (κ1) is 17.5. The van der Waals surface area contributed by atoms with Gasteiger partial charge < -0.3 is 19.7 Å². The number of aryl methyl sites for hydroxylation is 1. The lowest BCUT2D eigenvalue weighted by molar-refractivity contribution is 0.214. The fraction of sp³-hybridized carbons (Fsp3) is 0.316. The number of carbonyl (C=O) groups is 1. The number of nitrogens with one attached hydrogen (secondary N) is 1. The molecule has 1 N–H and O–H groups in total. The SMILES string of the molecule is COc1cc(OC)cc([C@H]2SCCN2C(=O)Nc2ccc(C)cc2)c1. The average Bonchev–Trinajstić information content (AvgIpc) is 3.13. The molecule has 1 aliphatic heterocycles. The Balaban J connectivity index is 1.80. The first-order valence-corrected chi connectivity index (χ1v) is 9.14. The first-order valence-electron chi connectivity index (χ1n) is 8.09. The van der Waals surface area contributed by atoms with E-state index in [-0.39, 0.29) is 11.4 Å². The van der Waals surface area contributed by atoms with Crippen LogP contribution in [-0.2, 0) is 0 Å². The number of carbonyl (C=O) groups excluding carboxylic acids is 1. The molecule has 0 spiro atoms. The van der Waals surface area contributed by atoms with Crippen LogP contribution in [0.25, 0.3) is 0 Å². The molecule has 1 atom stereocenters. The lowest BCUT2D eigenvalue weighted by Crippen LogP contribution is -2.34. The van der Waals surface area contributed by atoms with Gasteiger partial charge in [-0.15, -0.1) is 11.8 Å². The Labute approximate surface area is 152 Å². The highest BCUT2D eigenvalue weighted by Crippen LogP contribution is 2.40. The quantitative estimate of drug-likeness (QED) is 0.886. The smallest absolute Gasteiger partial charge is 0.323 e. The van der Waals surface area contributed by atoms with Crippen molar-refractivity contribution in [2.24, 2.45) is 0 Å². The van der Waals surface area contributed by atoms with E-state index in [0.29, 0.717) is 6.54 Å². The summed E-state index contributed by atoms with van der Waals surface area (Å²) in [5, 5.41) is 2.92. The van der Waals surface area contributed by atoms with Crippen LogP contribution in [0.3, 0.4) is 0 Å². The molecular formula is C19H22N2O3S. The number of hydrogen-bond donors (Lipinski definition) is 1. The third-order valence-corrected chi connectivity index (χ3v) is 5.37. The van der Waals surface area contributed by atoms with Crippen LogP contribution in [0.1, 0.15) is 16.5 Å². The molecule has 3 rings (SSSR count). The van der Waals surface area contributed by atoms with Crippen LogP contribution in [0, 0.1) is 6.92 Å². The van der Waals surface area contributed by atoms with Gasteiger partial charge >= 0.3 is 6.03 Å².